The van der Waals surface area contributed by atoms with Gasteiger partial charge in [-0.05, 0) is 77.9 Å². The summed E-state index contributed by atoms with van der Waals surface area (Å²) in [5, 5.41) is 12.3. The first kappa shape index (κ1) is 33.5. The van der Waals surface area contributed by atoms with Gasteiger partial charge in [-0.3, -0.25) is 14.4 Å². The fourth-order valence-electron chi connectivity index (χ4n) is 4.38. The number of carbonyl (C=O) groups excluding carboxylic acids is 3. The molecule has 4 aromatic rings. The molecule has 0 aliphatic heterocycles. The number of esters is 1. The van der Waals surface area contributed by atoms with Crippen molar-refractivity contribution in [2.24, 2.45) is 0 Å². The van der Waals surface area contributed by atoms with Crippen molar-refractivity contribution < 1.29 is 46.9 Å². The second-order valence-corrected chi connectivity index (χ2v) is 10.4. The number of carboxylic acid groups (broad SMARTS) is 1. The molecule has 13 heteroatoms. The van der Waals surface area contributed by atoms with Crippen molar-refractivity contribution in [3.8, 4) is 11.5 Å². The molecule has 2 amide bonds. The van der Waals surface area contributed by atoms with Crippen molar-refractivity contribution >= 4 is 41.0 Å². The summed E-state index contributed by atoms with van der Waals surface area (Å²) in [6.45, 7) is -0.707. The summed E-state index contributed by atoms with van der Waals surface area (Å²) in [5.41, 5.74) is -0.0907. The first-order chi connectivity index (χ1) is 21.8. The Morgan fingerprint density at radius 3 is 2.15 bits per heavy atom. The molecule has 0 heterocycles. The van der Waals surface area contributed by atoms with Gasteiger partial charge in [-0.25, -0.2) is 4.79 Å². The quantitative estimate of drug-likeness (QED) is 0.140. The van der Waals surface area contributed by atoms with Crippen molar-refractivity contribution in [1.82, 2.24) is 4.90 Å². The number of rotatable bonds is 11. The number of carbonyl (C=O) groups is 4. The second kappa shape index (κ2) is 14.6. The third kappa shape index (κ3) is 9.08. The Kier molecular flexibility index (Phi) is 10.7. The van der Waals surface area contributed by atoms with E-state index < -0.39 is 48.5 Å². The van der Waals surface area contributed by atoms with Crippen molar-refractivity contribution in [2.45, 2.75) is 19.1 Å². The number of ether oxygens (including phenoxy) is 2. The molecule has 4 rings (SSSR count). The largest absolute Gasteiger partial charge is 0.497 e. The van der Waals surface area contributed by atoms with Crippen LogP contribution in [0.25, 0.3) is 0 Å². The lowest BCUT2D eigenvalue weighted by atomic mass is 10.0. The summed E-state index contributed by atoms with van der Waals surface area (Å²) in [6, 6.07) is 21.2. The molecule has 0 saturated carbocycles. The van der Waals surface area contributed by atoms with E-state index in [4.69, 9.17) is 21.1 Å². The molecule has 0 unspecified atom stereocenters. The number of amides is 2. The molecule has 0 aliphatic carbocycles. The van der Waals surface area contributed by atoms with Gasteiger partial charge in [0, 0.05) is 22.8 Å². The van der Waals surface area contributed by atoms with Gasteiger partial charge >= 0.3 is 18.1 Å². The Balaban J connectivity index is 1.40. The van der Waals surface area contributed by atoms with Gasteiger partial charge in [0.15, 0.2) is 0 Å². The van der Waals surface area contributed by atoms with Crippen LogP contribution in [0.2, 0.25) is 5.02 Å². The van der Waals surface area contributed by atoms with Gasteiger partial charge in [-0.15, -0.1) is 0 Å². The van der Waals surface area contributed by atoms with Crippen LogP contribution in [0.3, 0.4) is 0 Å². The van der Waals surface area contributed by atoms with Gasteiger partial charge < -0.3 is 24.8 Å². The number of nitrogens with zero attached hydrogens (tertiary/aromatic N) is 1. The Labute approximate surface area is 266 Å². The number of hydrogen-bond acceptors (Lipinski definition) is 6. The molecule has 9 nitrogen and oxygen atoms in total. The topological polar surface area (TPSA) is 122 Å². The van der Waals surface area contributed by atoms with E-state index in [9.17, 15) is 37.5 Å². The Morgan fingerprint density at radius 1 is 0.870 bits per heavy atom. The number of methoxy groups -OCH3 is 1. The highest BCUT2D eigenvalue weighted by molar-refractivity contribution is 6.30. The highest BCUT2D eigenvalue weighted by Gasteiger charge is 2.34. The fourth-order valence-corrected chi connectivity index (χ4v) is 4.58. The minimum atomic E-state index is -4.69. The van der Waals surface area contributed by atoms with Gasteiger partial charge in [-0.1, -0.05) is 35.9 Å². The van der Waals surface area contributed by atoms with Crippen molar-refractivity contribution in [2.75, 3.05) is 19.0 Å². The molecule has 0 fully saturated rings. The SMILES string of the molecule is COc1ccc(CC(=O)Nc2ccc(C(=O)N(CC(=O)O)Cc3ccc(OC(=O)c4cccc(Cl)c4)cc3)cc2)c(C(F)(F)F)c1. The van der Waals surface area contributed by atoms with Crippen LogP contribution in [0.1, 0.15) is 37.4 Å². The predicted molar refractivity (Wildman–Crippen MR) is 162 cm³/mol. The van der Waals surface area contributed by atoms with E-state index >= 15 is 0 Å². The van der Waals surface area contributed by atoms with Crippen LogP contribution in [-0.2, 0) is 28.7 Å². The van der Waals surface area contributed by atoms with Crippen LogP contribution in [0.5, 0.6) is 11.5 Å². The number of anilines is 1. The number of benzene rings is 4. The summed E-state index contributed by atoms with van der Waals surface area (Å²) in [5.74, 6) is -2.98. The summed E-state index contributed by atoms with van der Waals surface area (Å²) >= 11 is 5.91. The molecule has 0 saturated heterocycles. The minimum Gasteiger partial charge on any atom is -0.497 e. The van der Waals surface area contributed by atoms with Gasteiger partial charge in [0.25, 0.3) is 5.91 Å². The summed E-state index contributed by atoms with van der Waals surface area (Å²) in [7, 11) is 1.24. The average Bonchev–Trinajstić information content (AvgIpc) is 3.01. The summed E-state index contributed by atoms with van der Waals surface area (Å²) in [4.78, 5) is 50.8. The maximum Gasteiger partial charge on any atom is 0.416 e. The van der Waals surface area contributed by atoms with Crippen LogP contribution < -0.4 is 14.8 Å². The van der Waals surface area contributed by atoms with Crippen LogP contribution in [0, 0.1) is 0 Å². The molecule has 238 valence electrons. The first-order valence-corrected chi connectivity index (χ1v) is 13.9. The maximum atomic E-state index is 13.5. The molecule has 0 aromatic heterocycles. The lowest BCUT2D eigenvalue weighted by Gasteiger charge is -2.21. The standard InChI is InChI=1S/C33H26ClF3N2O7/c1-45-27-14-9-22(28(17-27)33(35,36)37)16-29(40)38-25-10-7-21(8-11-25)31(43)39(19-30(41)42)18-20-5-12-26(13-6-20)46-32(44)23-3-2-4-24(34)15-23/h2-15,17H,16,18-19H2,1H3,(H,38,40)(H,41,42). The van der Waals surface area contributed by atoms with Gasteiger partial charge in [0.1, 0.15) is 18.0 Å². The Bertz CT molecular complexity index is 1740. The summed E-state index contributed by atoms with van der Waals surface area (Å²) in [6.07, 6.45) is -5.26. The minimum absolute atomic E-state index is 0.00105. The molecular formula is C33H26ClF3N2O7. The molecule has 0 bridgehead atoms. The number of hydrogen-bond donors (Lipinski definition) is 2. The number of carboxylic acids is 1. The van der Waals surface area contributed by atoms with Crippen LogP contribution >= 0.6 is 11.6 Å². The number of alkyl halides is 3. The van der Waals surface area contributed by atoms with Crippen molar-refractivity contribution in [1.29, 1.82) is 0 Å². The first-order valence-electron chi connectivity index (χ1n) is 13.5. The van der Waals surface area contributed by atoms with E-state index in [1.807, 2.05) is 0 Å². The predicted octanol–water partition coefficient (Wildman–Crippen LogP) is 6.49. The van der Waals surface area contributed by atoms with Crippen molar-refractivity contribution in [3.63, 3.8) is 0 Å². The lowest BCUT2D eigenvalue weighted by molar-refractivity contribution is -0.139. The lowest BCUT2D eigenvalue weighted by Crippen LogP contribution is -2.35. The normalized spacial score (nSPS) is 11.0. The molecule has 0 atom stereocenters. The van der Waals surface area contributed by atoms with Gasteiger partial charge in [0.2, 0.25) is 5.91 Å². The zero-order valence-corrected chi connectivity index (χ0v) is 24.9. The zero-order valence-electron chi connectivity index (χ0n) is 24.1. The summed E-state index contributed by atoms with van der Waals surface area (Å²) < 4.78 is 50.7. The highest BCUT2D eigenvalue weighted by atomic mass is 35.5. The smallest absolute Gasteiger partial charge is 0.416 e. The van der Waals surface area contributed by atoms with Gasteiger partial charge in [-0.2, -0.15) is 13.2 Å². The molecule has 0 spiro atoms. The van der Waals surface area contributed by atoms with E-state index in [2.05, 4.69) is 5.32 Å². The van der Waals surface area contributed by atoms with Crippen molar-refractivity contribution in [3.05, 3.63) is 124 Å². The molecule has 2 N–H and O–H groups in total. The van der Waals surface area contributed by atoms with E-state index in [-0.39, 0.29) is 40.4 Å². The third-order valence-corrected chi connectivity index (χ3v) is 6.81. The van der Waals surface area contributed by atoms with E-state index in [0.29, 0.717) is 10.6 Å². The Hall–Kier alpha value is -5.36. The number of halogens is 4. The number of nitrogens with one attached hydrogen (secondary N) is 1. The average molecular weight is 655 g/mol. The van der Waals surface area contributed by atoms with Gasteiger partial charge in [0.05, 0.1) is 24.7 Å². The fraction of sp³-hybridized carbons (Fsp3) is 0.152. The molecular weight excluding hydrogens is 629 g/mol. The van der Waals surface area contributed by atoms with E-state index in [1.54, 1.807) is 30.3 Å². The molecule has 0 radical (unpaired) electrons. The number of aliphatic carboxylic acids is 1. The zero-order chi connectivity index (χ0) is 33.4. The van der Waals surface area contributed by atoms with E-state index in [1.165, 1.54) is 61.7 Å². The highest BCUT2D eigenvalue weighted by Crippen LogP contribution is 2.34. The van der Waals surface area contributed by atoms with E-state index in [0.717, 1.165) is 11.0 Å². The third-order valence-electron chi connectivity index (χ3n) is 6.57. The molecule has 4 aromatic carbocycles. The maximum absolute atomic E-state index is 13.5. The Morgan fingerprint density at radius 2 is 1.54 bits per heavy atom. The van der Waals surface area contributed by atoms with Crippen LogP contribution in [-0.4, -0.2) is 47.4 Å². The van der Waals surface area contributed by atoms with Crippen LogP contribution in [0.15, 0.2) is 91.0 Å². The van der Waals surface area contributed by atoms with Crippen LogP contribution in [0.4, 0.5) is 18.9 Å². The monoisotopic (exact) mass is 654 g/mol. The molecule has 46 heavy (non-hydrogen) atoms. The second-order valence-electron chi connectivity index (χ2n) is 9.92. The molecule has 0 aliphatic rings.